The Bertz CT molecular complexity index is 1910. The number of cyclic esters (lactones) is 4. The molecule has 0 bridgehead atoms. The molecule has 2 aromatic rings. The van der Waals surface area contributed by atoms with Crippen molar-refractivity contribution in [1.29, 1.82) is 0 Å². The lowest BCUT2D eigenvalue weighted by atomic mass is 10.1. The lowest BCUT2D eigenvalue weighted by molar-refractivity contribution is -0.161. The second-order valence-corrected chi connectivity index (χ2v) is 18.5. The predicted molar refractivity (Wildman–Crippen MR) is 313 cm³/mol. The van der Waals surface area contributed by atoms with E-state index in [4.69, 9.17) is 114 Å². The molecule has 0 aromatic heterocycles. The van der Waals surface area contributed by atoms with Crippen molar-refractivity contribution in [2.75, 3.05) is 271 Å². The fraction of sp³-hybridized carbons (Fsp3) is 0.738. The maximum Gasteiger partial charge on any atom is 0.340 e. The Morgan fingerprint density at radius 2 is 0.528 bits per heavy atom. The molecule has 4 aliphatic heterocycles. The molecule has 4 heterocycles. The third-order valence-corrected chi connectivity index (χ3v) is 11.6. The maximum absolute atomic E-state index is 12.3. The Kier molecular flexibility index (Phi) is 52.9. The lowest BCUT2D eigenvalue weighted by Crippen LogP contribution is -2.26. The van der Waals surface area contributed by atoms with Gasteiger partial charge in [0.05, 0.1) is 231 Å². The molecule has 2 aromatic carbocycles. The van der Waals surface area contributed by atoms with Crippen LogP contribution in [0, 0.1) is 0 Å². The number of hydrogen-bond donors (Lipinski definition) is 0. The number of ether oxygens (including phenoxy) is 24. The van der Waals surface area contributed by atoms with Crippen molar-refractivity contribution in [2.24, 2.45) is 0 Å². The average Bonchev–Trinajstić information content (AvgIpc) is 3.76. The van der Waals surface area contributed by atoms with E-state index in [1.54, 1.807) is 6.92 Å². The van der Waals surface area contributed by atoms with Gasteiger partial charge in [0, 0.05) is 0 Å². The van der Waals surface area contributed by atoms with E-state index in [0.29, 0.717) is 218 Å². The van der Waals surface area contributed by atoms with Gasteiger partial charge in [-0.2, -0.15) is 0 Å². The summed E-state index contributed by atoms with van der Waals surface area (Å²) >= 11 is 0. The van der Waals surface area contributed by atoms with Gasteiger partial charge < -0.3 is 114 Å². The molecule has 0 N–H and O–H groups in total. The summed E-state index contributed by atoms with van der Waals surface area (Å²) in [6, 6.07) is 19.0. The van der Waals surface area contributed by atoms with Gasteiger partial charge >= 0.3 is 23.9 Å². The third-order valence-electron chi connectivity index (χ3n) is 11.6. The Morgan fingerprint density at radius 3 is 0.899 bits per heavy atom. The van der Waals surface area contributed by atoms with Crippen LogP contribution in [0.1, 0.15) is 30.3 Å². The monoisotopic (exact) mass is 1280 g/mol. The van der Waals surface area contributed by atoms with Crippen molar-refractivity contribution in [3.63, 3.8) is 0 Å². The first-order valence-electron chi connectivity index (χ1n) is 30.3. The van der Waals surface area contributed by atoms with Crippen LogP contribution in [0.3, 0.4) is 0 Å². The summed E-state index contributed by atoms with van der Waals surface area (Å²) in [4.78, 5) is 46.7. The standard InChI is InChI=1S/2C18H26O7.C13H24O7.C12H22O7/c19-18-15-23-14-17(16-4-2-1-3-5-16)24-12-10-21-8-6-20-7-9-22-11-13-25-18;19-18-17(16-4-2-1-3-5-16)24-14-12-22-10-8-20-6-7-21-9-11-23-13-15-25-18;1-12-13(14)20-11-9-18-7-5-16-3-2-15-4-6-17-8-10-19-12;13-12-11-18-8-7-16-4-3-14-1-2-15-5-6-17-9-10-19-12/h2*1-5,17H,6-15H2;12H,2-11H2,1H3;1-11H2. The van der Waals surface area contributed by atoms with Crippen molar-refractivity contribution in [2.45, 2.75) is 25.2 Å². The smallest absolute Gasteiger partial charge is 0.340 e. The number of rotatable bonds is 2. The van der Waals surface area contributed by atoms with Crippen LogP contribution >= 0.6 is 0 Å². The van der Waals surface area contributed by atoms with Crippen molar-refractivity contribution in [3.8, 4) is 0 Å². The lowest BCUT2D eigenvalue weighted by Gasteiger charge is -2.18. The Labute approximate surface area is 523 Å². The van der Waals surface area contributed by atoms with Crippen molar-refractivity contribution in [3.05, 3.63) is 71.8 Å². The molecule has 28 nitrogen and oxygen atoms in total. The molecule has 28 heteroatoms. The van der Waals surface area contributed by atoms with Crippen molar-refractivity contribution in [1.82, 2.24) is 0 Å². The maximum atomic E-state index is 12.3. The van der Waals surface area contributed by atoms with E-state index in [9.17, 15) is 19.2 Å². The van der Waals surface area contributed by atoms with E-state index in [-0.39, 0.29) is 59.0 Å². The van der Waals surface area contributed by atoms with Crippen LogP contribution in [0.5, 0.6) is 0 Å². The number of carbonyl (C=O) groups is 4. The van der Waals surface area contributed by atoms with Gasteiger partial charge in [-0.05, 0) is 18.1 Å². The largest absolute Gasteiger partial charge is 0.462 e. The minimum Gasteiger partial charge on any atom is -0.462 e. The molecular formula is C61H98O28. The molecule has 0 amide bonds. The van der Waals surface area contributed by atoms with Gasteiger partial charge in [-0.3, -0.25) is 0 Å². The summed E-state index contributed by atoms with van der Waals surface area (Å²) in [7, 11) is 0. The quantitative estimate of drug-likeness (QED) is 0.308. The van der Waals surface area contributed by atoms with Crippen LogP contribution in [0.25, 0.3) is 0 Å². The van der Waals surface area contributed by atoms with Gasteiger partial charge in [0.25, 0.3) is 0 Å². The van der Waals surface area contributed by atoms with Gasteiger partial charge in [0.1, 0.15) is 45.7 Å². The van der Waals surface area contributed by atoms with Gasteiger partial charge in [0.15, 0.2) is 12.2 Å². The highest BCUT2D eigenvalue weighted by Crippen LogP contribution is 2.20. The second kappa shape index (κ2) is 59.8. The molecule has 0 aliphatic carbocycles. The fourth-order valence-electron chi connectivity index (χ4n) is 7.12. The minimum absolute atomic E-state index is 0.0665. The van der Waals surface area contributed by atoms with Crippen molar-refractivity contribution >= 4 is 23.9 Å². The first-order valence-corrected chi connectivity index (χ1v) is 30.3. The summed E-state index contributed by atoms with van der Waals surface area (Å²) in [5.74, 6) is -1.65. The molecule has 6 rings (SSSR count). The summed E-state index contributed by atoms with van der Waals surface area (Å²) in [6.07, 6.45) is -1.64. The molecule has 4 fully saturated rings. The van der Waals surface area contributed by atoms with Crippen LogP contribution in [-0.4, -0.2) is 301 Å². The zero-order valence-corrected chi connectivity index (χ0v) is 51.9. The molecule has 4 saturated heterocycles. The predicted octanol–water partition coefficient (Wildman–Crippen LogP) is 2.38. The molecule has 3 atom stereocenters. The van der Waals surface area contributed by atoms with Crippen LogP contribution in [0.15, 0.2) is 60.7 Å². The van der Waals surface area contributed by atoms with E-state index >= 15 is 0 Å². The van der Waals surface area contributed by atoms with Gasteiger partial charge in [-0.25, -0.2) is 19.2 Å². The van der Waals surface area contributed by atoms with Crippen molar-refractivity contribution < 1.29 is 133 Å². The average molecular weight is 1280 g/mol. The molecule has 3 unspecified atom stereocenters. The molecule has 0 spiro atoms. The first-order chi connectivity index (χ1) is 43.9. The number of carbonyl (C=O) groups excluding carboxylic acids is 4. The zero-order valence-electron chi connectivity index (χ0n) is 51.9. The molecule has 510 valence electrons. The summed E-state index contributed by atoms with van der Waals surface area (Å²) in [5.41, 5.74) is 1.74. The molecule has 89 heavy (non-hydrogen) atoms. The third kappa shape index (κ3) is 48.0. The zero-order chi connectivity index (χ0) is 63.2. The highest BCUT2D eigenvalue weighted by Gasteiger charge is 2.23. The van der Waals surface area contributed by atoms with Gasteiger partial charge in [0.2, 0.25) is 0 Å². The fourth-order valence-corrected chi connectivity index (χ4v) is 7.12. The van der Waals surface area contributed by atoms with Crippen LogP contribution < -0.4 is 0 Å². The minimum atomic E-state index is -0.775. The van der Waals surface area contributed by atoms with Crippen LogP contribution in [0.4, 0.5) is 0 Å². The Balaban J connectivity index is 0.000000313. The normalized spacial score (nSPS) is 23.9. The van der Waals surface area contributed by atoms with E-state index < -0.39 is 36.1 Å². The molecule has 0 saturated carbocycles. The van der Waals surface area contributed by atoms with E-state index in [1.807, 2.05) is 60.7 Å². The van der Waals surface area contributed by atoms with E-state index in [0.717, 1.165) is 11.1 Å². The Morgan fingerprint density at radius 1 is 0.258 bits per heavy atom. The van der Waals surface area contributed by atoms with Gasteiger partial charge in [-0.1, -0.05) is 60.7 Å². The molecule has 4 aliphatic rings. The topological polar surface area (TPSA) is 290 Å². The summed E-state index contributed by atoms with van der Waals surface area (Å²) in [5, 5.41) is 0. The molecular weight excluding hydrogens is 1180 g/mol. The van der Waals surface area contributed by atoms with E-state index in [1.165, 1.54) is 0 Å². The second-order valence-electron chi connectivity index (χ2n) is 18.5. The van der Waals surface area contributed by atoms with E-state index in [2.05, 4.69) is 0 Å². The van der Waals surface area contributed by atoms with Gasteiger partial charge in [-0.15, -0.1) is 0 Å². The summed E-state index contributed by atoms with van der Waals surface area (Å²) in [6.45, 7) is 17.9. The number of esters is 4. The highest BCUT2D eigenvalue weighted by atomic mass is 16.6. The number of benzene rings is 2. The number of hydrogen-bond acceptors (Lipinski definition) is 28. The highest BCUT2D eigenvalue weighted by molar-refractivity contribution is 5.76. The van der Waals surface area contributed by atoms with Crippen LogP contribution in [-0.2, 0) is 133 Å². The SMILES string of the molecule is CC1OCCOCCOCCOCCOCCOC1=O.O=C1COCC(c2ccccc2)OCCOCCOCCOCCO1.O=C1COCCOCCOCCOCCOCCO1.O=C1OCCOCCOCCOCCOCCOC1c1ccccc1. The summed E-state index contributed by atoms with van der Waals surface area (Å²) < 4.78 is 127. The first kappa shape index (κ1) is 78.8. The van der Waals surface area contributed by atoms with Crippen LogP contribution in [0.2, 0.25) is 0 Å². The molecule has 0 radical (unpaired) electrons. The Hall–Kier alpha value is -4.48.